The van der Waals surface area contributed by atoms with Crippen LogP contribution in [0.5, 0.6) is 0 Å². The van der Waals surface area contributed by atoms with E-state index >= 15 is 0 Å². The van der Waals surface area contributed by atoms with Crippen molar-refractivity contribution in [2.45, 2.75) is 32.3 Å². The summed E-state index contributed by atoms with van der Waals surface area (Å²) in [6, 6.07) is 31.2. The van der Waals surface area contributed by atoms with E-state index in [1.54, 1.807) is 0 Å². The molecule has 2 heteroatoms. The van der Waals surface area contributed by atoms with Crippen molar-refractivity contribution >= 4 is 18.5 Å². The molecule has 26 heavy (non-hydrogen) atoms. The first kappa shape index (κ1) is 22.8. The van der Waals surface area contributed by atoms with Crippen molar-refractivity contribution in [2.75, 3.05) is 0 Å². The van der Waals surface area contributed by atoms with Crippen LogP contribution in [0.3, 0.4) is 0 Å². The number of hydrogen-bond acceptors (Lipinski definition) is 0. The van der Waals surface area contributed by atoms with E-state index < -0.39 is 7.92 Å². The Kier molecular flexibility index (Phi) is 8.88. The van der Waals surface area contributed by atoms with E-state index in [-0.39, 0.29) is 32.3 Å². The molecule has 0 nitrogen and oxygen atoms in total. The van der Waals surface area contributed by atoms with E-state index in [4.69, 9.17) is 0 Å². The largest absolute Gasteiger partial charge is 0.358 e. The topological polar surface area (TPSA) is 0 Å². The summed E-state index contributed by atoms with van der Waals surface area (Å²) in [5.41, 5.74) is 3.05. The summed E-state index contributed by atoms with van der Waals surface area (Å²) >= 11 is 0. The van der Waals surface area contributed by atoms with Crippen molar-refractivity contribution in [1.82, 2.24) is 0 Å². The molecule has 0 saturated heterocycles. The molecule has 0 heterocycles. The molecule has 1 radical (unpaired) electrons. The molecule has 0 amide bonds. The quantitative estimate of drug-likeness (QED) is 0.267. The molecule has 0 aromatic heterocycles. The van der Waals surface area contributed by atoms with Gasteiger partial charge in [0.25, 0.3) is 0 Å². The Balaban J connectivity index is 0.00000169. The SMILES string of the molecule is CC(C)(C)c1ccc(C[PH+](c2ccccc2)c2ccccc2)cc1.[CH3-].[Rh]. The van der Waals surface area contributed by atoms with Gasteiger partial charge in [-0.15, -0.1) is 0 Å². The maximum Gasteiger partial charge on any atom is 0.0970 e. The summed E-state index contributed by atoms with van der Waals surface area (Å²) in [6.45, 7) is 6.81. The number of benzene rings is 3. The molecule has 0 N–H and O–H groups in total. The minimum Gasteiger partial charge on any atom is -0.358 e. The average Bonchev–Trinajstić information content (AvgIpc) is 2.61. The van der Waals surface area contributed by atoms with Gasteiger partial charge < -0.3 is 7.43 Å². The standard InChI is InChI=1S/C23H25P.CH3.Rh/c1-23(2,3)20-16-14-19(15-17-20)18-24(21-10-6-4-7-11-21)22-12-8-5-9-13-22;;/h4-17H,18H2,1-3H3;1H3;/q;-1;/p+1. The first-order valence-electron chi connectivity index (χ1n) is 8.60. The molecule has 0 bridgehead atoms. The zero-order valence-corrected chi connectivity index (χ0v) is 18.8. The second-order valence-corrected chi connectivity index (χ2v) is 9.80. The minimum atomic E-state index is -0.800. The molecule has 0 atom stereocenters. The fraction of sp³-hybridized carbons (Fsp3) is 0.208. The van der Waals surface area contributed by atoms with E-state index in [2.05, 4.69) is 106 Å². The van der Waals surface area contributed by atoms with Crippen LogP contribution in [0.2, 0.25) is 0 Å². The second-order valence-electron chi connectivity index (χ2n) is 7.33. The van der Waals surface area contributed by atoms with Crippen molar-refractivity contribution in [3.05, 3.63) is 103 Å². The molecule has 0 aliphatic carbocycles. The Labute approximate surface area is 173 Å². The van der Waals surface area contributed by atoms with Crippen LogP contribution in [0.1, 0.15) is 31.9 Å². The number of hydrogen-bond donors (Lipinski definition) is 0. The second kappa shape index (κ2) is 10.2. The van der Waals surface area contributed by atoms with Crippen molar-refractivity contribution < 1.29 is 19.5 Å². The van der Waals surface area contributed by atoms with Crippen LogP contribution < -0.4 is 10.6 Å². The zero-order valence-electron chi connectivity index (χ0n) is 16.1. The average molecular weight is 451 g/mol. The predicted octanol–water partition coefficient (Wildman–Crippen LogP) is 5.80. The van der Waals surface area contributed by atoms with Gasteiger partial charge in [-0.3, -0.25) is 0 Å². The third-order valence-corrected chi connectivity index (χ3v) is 7.27. The van der Waals surface area contributed by atoms with Crippen molar-refractivity contribution in [2.24, 2.45) is 0 Å². The molecule has 0 aliphatic rings. The van der Waals surface area contributed by atoms with E-state index in [0.29, 0.717) is 0 Å². The van der Waals surface area contributed by atoms with Gasteiger partial charge >= 0.3 is 0 Å². The van der Waals surface area contributed by atoms with Gasteiger partial charge in [-0.25, -0.2) is 0 Å². The first-order valence-corrected chi connectivity index (χ1v) is 10.3. The Hall–Kier alpha value is -1.29. The van der Waals surface area contributed by atoms with Gasteiger partial charge in [0.15, 0.2) is 0 Å². The normalized spacial score (nSPS) is 10.8. The zero-order chi connectivity index (χ0) is 17.0. The summed E-state index contributed by atoms with van der Waals surface area (Å²) in [4.78, 5) is 0. The smallest absolute Gasteiger partial charge is 0.0970 e. The van der Waals surface area contributed by atoms with Crippen molar-refractivity contribution in [1.29, 1.82) is 0 Å². The van der Waals surface area contributed by atoms with Gasteiger partial charge in [0.1, 0.15) is 0 Å². The Morgan fingerprint density at radius 1 is 0.654 bits per heavy atom. The minimum absolute atomic E-state index is 0. The Morgan fingerprint density at radius 2 is 1.08 bits per heavy atom. The fourth-order valence-corrected chi connectivity index (χ4v) is 5.55. The Morgan fingerprint density at radius 3 is 1.46 bits per heavy atom. The summed E-state index contributed by atoms with van der Waals surface area (Å²) in [5.74, 6) is 0. The van der Waals surface area contributed by atoms with Crippen LogP contribution in [0.15, 0.2) is 84.9 Å². The molecular weight excluding hydrogens is 422 g/mol. The molecule has 139 valence electrons. The molecule has 3 aromatic carbocycles. The van der Waals surface area contributed by atoms with Crippen LogP contribution in [-0.4, -0.2) is 0 Å². The predicted molar refractivity (Wildman–Crippen MR) is 116 cm³/mol. The van der Waals surface area contributed by atoms with Gasteiger partial charge in [-0.1, -0.05) is 81.4 Å². The van der Waals surface area contributed by atoms with Gasteiger partial charge in [0.2, 0.25) is 0 Å². The molecule has 0 aliphatic heterocycles. The van der Waals surface area contributed by atoms with Gasteiger partial charge in [0, 0.05) is 19.5 Å². The summed E-state index contributed by atoms with van der Waals surface area (Å²) in [5, 5.41) is 2.96. The van der Waals surface area contributed by atoms with Crippen LogP contribution in [0.25, 0.3) is 0 Å². The van der Waals surface area contributed by atoms with Crippen LogP contribution >= 0.6 is 7.92 Å². The van der Waals surface area contributed by atoms with Crippen molar-refractivity contribution in [3.8, 4) is 0 Å². The molecule has 3 aromatic rings. The first-order chi connectivity index (χ1) is 11.5. The third-order valence-electron chi connectivity index (χ3n) is 4.45. The van der Waals surface area contributed by atoms with E-state index in [1.165, 1.54) is 21.7 Å². The van der Waals surface area contributed by atoms with Gasteiger partial charge in [0.05, 0.1) is 24.7 Å². The molecular formula is C24H29PRh. The van der Waals surface area contributed by atoms with Crippen LogP contribution in [0, 0.1) is 7.43 Å². The molecule has 0 spiro atoms. The van der Waals surface area contributed by atoms with Gasteiger partial charge in [-0.2, -0.15) is 0 Å². The maximum atomic E-state index is 2.32. The van der Waals surface area contributed by atoms with Gasteiger partial charge in [-0.05, 0) is 40.8 Å². The Bertz CT molecular complexity index is 719. The third kappa shape index (κ3) is 5.87. The molecule has 0 saturated carbocycles. The van der Waals surface area contributed by atoms with Crippen molar-refractivity contribution in [3.63, 3.8) is 0 Å². The molecule has 0 fully saturated rings. The maximum absolute atomic E-state index is 2.32. The van der Waals surface area contributed by atoms with E-state index in [0.717, 1.165) is 6.16 Å². The monoisotopic (exact) mass is 451 g/mol. The van der Waals surface area contributed by atoms with E-state index in [1.807, 2.05) is 0 Å². The molecule has 3 rings (SSSR count). The van der Waals surface area contributed by atoms with Crippen LogP contribution in [-0.2, 0) is 31.1 Å². The number of rotatable bonds is 4. The summed E-state index contributed by atoms with van der Waals surface area (Å²) in [7, 11) is -0.800. The fourth-order valence-electron chi connectivity index (χ4n) is 2.98. The summed E-state index contributed by atoms with van der Waals surface area (Å²) in [6.07, 6.45) is 1.13. The summed E-state index contributed by atoms with van der Waals surface area (Å²) < 4.78 is 0. The van der Waals surface area contributed by atoms with E-state index in [9.17, 15) is 0 Å². The molecule has 0 unspecified atom stereocenters. The van der Waals surface area contributed by atoms with Crippen LogP contribution in [0.4, 0.5) is 0 Å².